The van der Waals surface area contributed by atoms with Gasteiger partial charge in [-0.3, -0.25) is 46.9 Å². The Labute approximate surface area is 539 Å². The first-order valence-corrected chi connectivity index (χ1v) is 34.2. The molecule has 6 amide bonds. The van der Waals surface area contributed by atoms with Gasteiger partial charge in [-0.25, -0.2) is 43.9 Å². The smallest absolute Gasteiger partial charge is 0.409 e. The number of hydrogen-bond acceptors (Lipinski definition) is 26. The molecule has 0 spiro atoms. The van der Waals surface area contributed by atoms with Gasteiger partial charge in [0.05, 0.1) is 37.8 Å². The van der Waals surface area contributed by atoms with E-state index in [1.54, 1.807) is 38.1 Å². The summed E-state index contributed by atoms with van der Waals surface area (Å²) < 4.78 is 66.4. The maximum Gasteiger partial charge on any atom is 0.409 e. The summed E-state index contributed by atoms with van der Waals surface area (Å²) in [5.41, 5.74) is 18.6. The predicted octanol–water partition coefficient (Wildman–Crippen LogP) is 1.90. The zero-order valence-corrected chi connectivity index (χ0v) is 53.9. The second kappa shape index (κ2) is 31.5. The molecule has 506 valence electrons. The molecule has 13 atom stereocenters. The van der Waals surface area contributed by atoms with E-state index in [1.807, 2.05) is 0 Å². The van der Waals surface area contributed by atoms with Crippen LogP contribution >= 0.6 is 13.4 Å². The summed E-state index contributed by atoms with van der Waals surface area (Å²) in [5, 5.41) is 19.5. The van der Waals surface area contributed by atoms with E-state index in [0.29, 0.717) is 11.3 Å². The number of nitrogens with one attached hydrogen (secondary N) is 4. The van der Waals surface area contributed by atoms with Crippen molar-refractivity contribution in [2.75, 3.05) is 56.7 Å². The van der Waals surface area contributed by atoms with E-state index in [0.717, 1.165) is 12.7 Å². The lowest BCUT2D eigenvalue weighted by Crippen LogP contribution is -2.46. The van der Waals surface area contributed by atoms with E-state index < -0.39 is 147 Å². The Hall–Kier alpha value is -7.61. The highest BCUT2D eigenvalue weighted by Crippen LogP contribution is 2.55. The van der Waals surface area contributed by atoms with Crippen molar-refractivity contribution in [3.63, 3.8) is 0 Å². The topological polar surface area (TPSA) is 488 Å². The Morgan fingerprint density at radius 1 is 0.785 bits per heavy atom. The number of esters is 1. The van der Waals surface area contributed by atoms with Crippen LogP contribution in [0.2, 0.25) is 0 Å². The zero-order valence-electron chi connectivity index (χ0n) is 50.5. The van der Waals surface area contributed by atoms with E-state index >= 15 is 4.39 Å². The fourth-order valence-corrected chi connectivity index (χ4v) is 13.0. The number of anilines is 3. The molecular weight excluding hydrogens is 1310 g/mol. The van der Waals surface area contributed by atoms with Gasteiger partial charge in [-0.1, -0.05) is 32.9 Å². The third-order valence-corrected chi connectivity index (χ3v) is 18.1. The first-order valence-electron chi connectivity index (χ1n) is 29.0. The molecule has 40 heteroatoms. The van der Waals surface area contributed by atoms with Crippen LogP contribution in [0, 0.1) is 17.8 Å². The van der Waals surface area contributed by atoms with Crippen molar-refractivity contribution >= 4 is 124 Å². The number of carbonyl (C=O) groups excluding carboxylic acids is 7. The van der Waals surface area contributed by atoms with Gasteiger partial charge in [0.25, 0.3) is 0 Å². The molecule has 3 aliphatic rings. The van der Waals surface area contributed by atoms with Crippen LogP contribution in [0.3, 0.4) is 0 Å². The molecule has 8 rings (SSSR count). The van der Waals surface area contributed by atoms with Gasteiger partial charge in [0.15, 0.2) is 53.4 Å². The van der Waals surface area contributed by atoms with Crippen LogP contribution in [0.4, 0.5) is 31.3 Å². The molecule has 0 aliphatic carbocycles. The summed E-state index contributed by atoms with van der Waals surface area (Å²) in [7, 11) is 1.44. The minimum atomic E-state index is -4.47. The van der Waals surface area contributed by atoms with Crippen molar-refractivity contribution in [3.8, 4) is 0 Å². The van der Waals surface area contributed by atoms with Crippen LogP contribution in [0.15, 0.2) is 49.6 Å². The maximum absolute atomic E-state index is 16.5. The second-order valence-electron chi connectivity index (χ2n) is 22.3. The van der Waals surface area contributed by atoms with Crippen molar-refractivity contribution in [3.05, 3.63) is 55.1 Å². The molecule has 3 saturated heterocycles. The molecule has 13 N–H and O–H groups in total. The minimum absolute atomic E-state index is 0.00495. The number of imidazole rings is 2. The van der Waals surface area contributed by atoms with Crippen molar-refractivity contribution < 1.29 is 94.7 Å². The molecule has 4 unspecified atom stereocenters. The number of carboxylic acid groups (broad SMARTS) is 1. The van der Waals surface area contributed by atoms with Crippen LogP contribution in [-0.2, 0) is 96.0 Å². The largest absolute Gasteiger partial charge is 0.481 e. The second-order valence-corrected chi connectivity index (χ2v) is 27.8. The fourth-order valence-electron chi connectivity index (χ4n) is 10.1. The van der Waals surface area contributed by atoms with E-state index in [1.165, 1.54) is 40.7 Å². The Balaban J connectivity index is 0.858. The lowest BCUT2D eigenvalue weighted by Gasteiger charge is -2.31. The Bertz CT molecular complexity index is 3650. The van der Waals surface area contributed by atoms with Gasteiger partial charge in [0.2, 0.25) is 17.7 Å². The van der Waals surface area contributed by atoms with E-state index in [-0.39, 0.29) is 105 Å². The third-order valence-electron chi connectivity index (χ3n) is 15.0. The summed E-state index contributed by atoms with van der Waals surface area (Å²) in [4.78, 5) is 151. The van der Waals surface area contributed by atoms with E-state index in [2.05, 4.69) is 51.2 Å². The number of fused-ring (bicyclic) bond motifs is 4. The summed E-state index contributed by atoms with van der Waals surface area (Å²) in [6.07, 6.45) is -9.20. The highest BCUT2D eigenvalue weighted by molar-refractivity contribution is 8.07. The standard InChI is InChI=1S/C53H71FN16O19P2S2/c1-26(2)38(67-34(72)13-15-58-35(73)17-27(3)51(76)77)31(71)18-29(7-5-14-59-52(57)78)48(75)66-30-11-9-28(10-12-30)19-82-53(79)68(4)16-6-8-36(74)87-43-42-33(86-50(43)70-25-65-40-45(56)61-23-63-47(40)70)21-84-90(80,92)88-41-32(20-83-91(81,93)89-42)85-49(37(41)54)69-24-64-39-44(55)60-22-62-46(39)69/h9-12,22-27,29,32-33,37-38,41-43,49-50H,5-8,13-21H2,1-4H3,(H,58,73)(H,66,75)(H,67,72)(H,76,77)(H,80,92)(H,81,93)(H2,55,60,62)(H2,56,61,63)(H3,57,59,78)/t27?,29-,32-,33-,37-,38+,41-,42?,43-,49-,50-,90?,91?/m1/s1. The number of amides is 6. The lowest BCUT2D eigenvalue weighted by atomic mass is 9.89. The lowest BCUT2D eigenvalue weighted by molar-refractivity contribution is -0.158. The van der Waals surface area contributed by atoms with Gasteiger partial charge in [-0.05, 0) is 66.5 Å². The molecule has 5 aromatic rings. The zero-order chi connectivity index (χ0) is 67.5. The molecule has 1 aromatic carbocycles. The van der Waals surface area contributed by atoms with Gasteiger partial charge in [0, 0.05) is 64.0 Å². The molecule has 7 heterocycles. The molecular formula is C53H71FN16O19P2S2. The molecule has 93 heavy (non-hydrogen) atoms. The number of nitrogen functional groups attached to an aromatic ring is 2. The van der Waals surface area contributed by atoms with E-state index in [4.69, 9.17) is 83.0 Å². The number of aliphatic carboxylic acids is 1. The summed E-state index contributed by atoms with van der Waals surface area (Å²) in [6.45, 7) is -5.71. The number of nitrogens with two attached hydrogens (primary N) is 3. The predicted molar refractivity (Wildman–Crippen MR) is 330 cm³/mol. The van der Waals surface area contributed by atoms with Crippen LogP contribution in [0.1, 0.15) is 83.7 Å². The average molecular weight is 1380 g/mol. The number of Topliss-reactive ketones (excluding diaryl/α,β-unsaturated/α-hetero) is 1. The van der Waals surface area contributed by atoms with Crippen molar-refractivity contribution in [2.24, 2.45) is 23.5 Å². The number of alkyl halides is 1. The van der Waals surface area contributed by atoms with Crippen LogP contribution in [0.25, 0.3) is 22.3 Å². The number of hydrogen-bond donors (Lipinski definition) is 10. The number of primary amides is 1. The molecule has 0 bridgehead atoms. The number of benzene rings is 1. The number of aromatic nitrogens is 8. The first-order chi connectivity index (χ1) is 44.1. The summed E-state index contributed by atoms with van der Waals surface area (Å²) in [6, 6.07) is 4.51. The monoisotopic (exact) mass is 1380 g/mol. The van der Waals surface area contributed by atoms with Crippen molar-refractivity contribution in [2.45, 2.75) is 128 Å². The van der Waals surface area contributed by atoms with Crippen molar-refractivity contribution in [1.82, 2.24) is 59.9 Å². The number of nitrogens with zero attached hydrogens (tertiary/aromatic N) is 9. The Morgan fingerprint density at radius 2 is 1.38 bits per heavy atom. The van der Waals surface area contributed by atoms with Crippen molar-refractivity contribution in [1.29, 1.82) is 0 Å². The summed E-state index contributed by atoms with van der Waals surface area (Å²) in [5.74, 6) is -6.31. The quantitative estimate of drug-likeness (QED) is 0.0215. The first kappa shape index (κ1) is 71.2. The van der Waals surface area contributed by atoms with Crippen LogP contribution < -0.4 is 38.5 Å². The number of ether oxygens (including phenoxy) is 4. The normalized spacial score (nSPS) is 24.9. The number of urea groups is 1. The number of halogens is 1. The summed E-state index contributed by atoms with van der Waals surface area (Å²) >= 11 is 10.8. The van der Waals surface area contributed by atoms with Gasteiger partial charge in [0.1, 0.15) is 54.7 Å². The van der Waals surface area contributed by atoms with Gasteiger partial charge >= 0.3 is 37.5 Å². The molecule has 4 aromatic heterocycles. The SMILES string of the molecule is CC(CC(=O)NCCC(=O)N[C@H](C(=O)C[C@@H](CCCNC(N)=O)C(=O)Nc1ccc(COC(=O)N(C)CCCC(=O)O[C@@H]2C3OP(O)(=S)OC[C@H]4O[C@@H](n5cnc6c(N)ncnc65)[C@H](F)[C@@H]4OP(O)(=S)OC[C@H]3O[C@H]2n2cnc3c(N)ncnc32)cc1)C(C)C)C(=O)O. The highest BCUT2D eigenvalue weighted by atomic mass is 32.5. The van der Waals surface area contributed by atoms with Gasteiger partial charge in [-0.2, -0.15) is 0 Å². The number of carbonyl (C=O) groups is 8. The number of rotatable bonds is 26. The van der Waals surface area contributed by atoms with Gasteiger partial charge < -0.3 is 86.3 Å². The van der Waals surface area contributed by atoms with Crippen LogP contribution in [-0.4, -0.2) is 189 Å². The molecule has 35 nitrogen and oxygen atoms in total. The Morgan fingerprint density at radius 3 is 1.98 bits per heavy atom. The Kier molecular flexibility index (Phi) is 24.2. The number of ketones is 1. The van der Waals surface area contributed by atoms with Crippen LogP contribution in [0.5, 0.6) is 0 Å². The molecule has 0 saturated carbocycles. The fraction of sp³-hybridized carbons (Fsp3) is 0.547. The average Bonchev–Trinajstić information content (AvgIpc) is 1.62. The maximum atomic E-state index is 16.5. The third kappa shape index (κ3) is 18.8. The molecule has 0 radical (unpaired) electrons. The highest BCUT2D eigenvalue weighted by Gasteiger charge is 2.55. The van der Waals surface area contributed by atoms with E-state index in [9.17, 15) is 48.1 Å². The van der Waals surface area contributed by atoms with Gasteiger partial charge in [-0.15, -0.1) is 0 Å². The molecule has 3 fully saturated rings. The number of carboxylic acids is 1. The molecule has 3 aliphatic heterocycles. The minimum Gasteiger partial charge on any atom is -0.481 e.